The number of nitrogens with zero attached hydrogens (tertiary/aromatic N) is 1. The van der Waals surface area contributed by atoms with Crippen molar-refractivity contribution in [1.82, 2.24) is 0 Å². The van der Waals surface area contributed by atoms with E-state index in [-0.39, 0.29) is 11.7 Å². The van der Waals surface area contributed by atoms with Crippen molar-refractivity contribution in [3.05, 3.63) is 36.4 Å². The molecule has 1 aromatic carbocycles. The van der Waals surface area contributed by atoms with E-state index in [0.717, 1.165) is 5.75 Å². The van der Waals surface area contributed by atoms with Crippen LogP contribution in [0.5, 0.6) is 5.75 Å². The molecule has 0 bridgehead atoms. The van der Waals surface area contributed by atoms with E-state index >= 15 is 0 Å². The van der Waals surface area contributed by atoms with E-state index in [1.165, 1.54) is 0 Å². The first-order valence-electron chi connectivity index (χ1n) is 4.95. The minimum absolute atomic E-state index is 0.106. The Balaban J connectivity index is 2.84. The summed E-state index contributed by atoms with van der Waals surface area (Å²) in [6.07, 6.45) is 0.106. The molecule has 0 aliphatic heterocycles. The van der Waals surface area contributed by atoms with Gasteiger partial charge in [0.2, 0.25) is 0 Å². The number of hydrogen-bond acceptors (Lipinski definition) is 3. The predicted molar refractivity (Wildman–Crippen MR) is 61.9 cm³/mol. The normalized spacial score (nSPS) is 9.62. The van der Waals surface area contributed by atoms with Gasteiger partial charge in [0.15, 0.2) is 0 Å². The maximum Gasteiger partial charge on any atom is 0.262 e. The van der Waals surface area contributed by atoms with Gasteiger partial charge in [-0.15, -0.1) is 0 Å². The predicted octanol–water partition coefficient (Wildman–Crippen LogP) is 2.58. The molecule has 0 aliphatic rings. The topological polar surface area (TPSA) is 50.1 Å². The number of Topliss-reactive ketones (excluding diaryl/α,β-unsaturated/α-hetero) is 1. The molecule has 0 fully saturated rings. The highest BCUT2D eigenvalue weighted by atomic mass is 16.5. The van der Waals surface area contributed by atoms with Gasteiger partial charge in [0, 0.05) is 5.57 Å². The number of carbonyl (C=O) groups is 1. The Kier molecular flexibility index (Phi) is 3.84. The minimum atomic E-state index is -0.613. The van der Waals surface area contributed by atoms with E-state index in [9.17, 15) is 4.79 Å². The highest BCUT2D eigenvalue weighted by Crippen LogP contribution is 2.18. The van der Waals surface area contributed by atoms with Crippen LogP contribution in [-0.4, -0.2) is 11.9 Å². The molecular weight excluding hydrogens is 202 g/mol. The van der Waals surface area contributed by atoms with Crippen molar-refractivity contribution in [2.24, 2.45) is 0 Å². The van der Waals surface area contributed by atoms with Gasteiger partial charge in [-0.2, -0.15) is 5.26 Å². The second-order valence-electron chi connectivity index (χ2n) is 3.61. The molecule has 82 valence electrons. The van der Waals surface area contributed by atoms with Crippen molar-refractivity contribution >= 4 is 11.4 Å². The largest absolute Gasteiger partial charge is 0.491 e. The number of ketones is 1. The summed E-state index contributed by atoms with van der Waals surface area (Å²) in [6, 6.07) is 8.49. The summed E-state index contributed by atoms with van der Waals surface area (Å²) in [5.41, 5.74) is 0.848. The van der Waals surface area contributed by atoms with E-state index < -0.39 is 5.78 Å². The number of carbonyl (C=O) groups excluding carboxylic acids is 1. The smallest absolute Gasteiger partial charge is 0.262 e. The zero-order valence-electron chi connectivity index (χ0n) is 9.36. The molecule has 0 aliphatic carbocycles. The van der Waals surface area contributed by atoms with Gasteiger partial charge in [0.05, 0.1) is 6.10 Å². The summed E-state index contributed by atoms with van der Waals surface area (Å²) in [6.45, 7) is 7.45. The monoisotopic (exact) mass is 215 g/mol. The first-order chi connectivity index (χ1) is 7.54. The lowest BCUT2D eigenvalue weighted by molar-refractivity contribution is -0.109. The summed E-state index contributed by atoms with van der Waals surface area (Å²) in [7, 11) is 0. The Bertz CT molecular complexity index is 438. The van der Waals surface area contributed by atoms with Crippen LogP contribution in [0.1, 0.15) is 19.4 Å². The molecule has 1 aromatic rings. The van der Waals surface area contributed by atoms with Gasteiger partial charge >= 0.3 is 0 Å². The fraction of sp³-hybridized carbons (Fsp3) is 0.231. The maximum atomic E-state index is 11.1. The number of allylic oxidation sites excluding steroid dienone is 1. The summed E-state index contributed by atoms with van der Waals surface area (Å²) in [4.78, 5) is 11.1. The molecule has 0 saturated carbocycles. The van der Waals surface area contributed by atoms with Crippen molar-refractivity contribution in [3.63, 3.8) is 0 Å². The van der Waals surface area contributed by atoms with Crippen LogP contribution in [0, 0.1) is 11.3 Å². The molecule has 3 heteroatoms. The average Bonchev–Trinajstić information content (AvgIpc) is 2.27. The van der Waals surface area contributed by atoms with Crippen LogP contribution in [0.25, 0.3) is 5.57 Å². The van der Waals surface area contributed by atoms with E-state index in [4.69, 9.17) is 10.00 Å². The third-order valence-corrected chi connectivity index (χ3v) is 1.95. The SMILES string of the molecule is C=C(C(=O)C#N)c1ccc(OC(C)C)cc1. The van der Waals surface area contributed by atoms with Crippen LogP contribution >= 0.6 is 0 Å². The van der Waals surface area contributed by atoms with Gasteiger partial charge in [-0.05, 0) is 31.5 Å². The van der Waals surface area contributed by atoms with Crippen molar-refractivity contribution in [1.29, 1.82) is 5.26 Å². The molecule has 1 rings (SSSR count). The molecule has 3 nitrogen and oxygen atoms in total. The van der Waals surface area contributed by atoms with Gasteiger partial charge in [0.25, 0.3) is 5.78 Å². The Labute approximate surface area is 95.0 Å². The summed E-state index contributed by atoms with van der Waals surface area (Å²) in [5.74, 6) is 0.119. The van der Waals surface area contributed by atoms with Gasteiger partial charge in [0.1, 0.15) is 11.8 Å². The highest BCUT2D eigenvalue weighted by molar-refractivity contribution is 6.27. The number of ether oxygens (including phenoxy) is 1. The lowest BCUT2D eigenvalue weighted by Gasteiger charge is -2.09. The van der Waals surface area contributed by atoms with Crippen molar-refractivity contribution in [3.8, 4) is 11.8 Å². The molecule has 0 unspecified atom stereocenters. The van der Waals surface area contributed by atoms with Crippen LogP contribution < -0.4 is 4.74 Å². The molecule has 0 radical (unpaired) electrons. The molecule has 0 amide bonds. The zero-order chi connectivity index (χ0) is 12.1. The van der Waals surface area contributed by atoms with E-state index in [2.05, 4.69) is 6.58 Å². The van der Waals surface area contributed by atoms with E-state index in [0.29, 0.717) is 5.56 Å². The number of nitriles is 1. The molecule has 16 heavy (non-hydrogen) atoms. The van der Waals surface area contributed by atoms with Crippen LogP contribution in [-0.2, 0) is 4.79 Å². The fourth-order valence-corrected chi connectivity index (χ4v) is 1.21. The Morgan fingerprint density at radius 1 is 1.38 bits per heavy atom. The van der Waals surface area contributed by atoms with Crippen LogP contribution in [0.2, 0.25) is 0 Å². The molecule has 0 atom stereocenters. The second kappa shape index (κ2) is 5.13. The van der Waals surface area contributed by atoms with Gasteiger partial charge in [-0.25, -0.2) is 0 Å². The lowest BCUT2D eigenvalue weighted by atomic mass is 10.0. The molecule has 0 spiro atoms. The summed E-state index contributed by atoms with van der Waals surface area (Å²) < 4.78 is 5.46. The number of hydrogen-bond donors (Lipinski definition) is 0. The average molecular weight is 215 g/mol. The highest BCUT2D eigenvalue weighted by Gasteiger charge is 2.08. The number of rotatable bonds is 4. The van der Waals surface area contributed by atoms with Crippen molar-refractivity contribution in [2.45, 2.75) is 20.0 Å². The van der Waals surface area contributed by atoms with Crippen molar-refractivity contribution in [2.75, 3.05) is 0 Å². The van der Waals surface area contributed by atoms with Crippen molar-refractivity contribution < 1.29 is 9.53 Å². The molecule has 0 saturated heterocycles. The molecular formula is C13H13NO2. The van der Waals surface area contributed by atoms with Gasteiger partial charge < -0.3 is 4.74 Å². The fourth-order valence-electron chi connectivity index (χ4n) is 1.21. The lowest BCUT2D eigenvalue weighted by Crippen LogP contribution is -2.05. The Morgan fingerprint density at radius 2 is 1.94 bits per heavy atom. The number of benzene rings is 1. The third-order valence-electron chi connectivity index (χ3n) is 1.95. The molecule has 0 aromatic heterocycles. The standard InChI is InChI=1S/C13H13NO2/c1-9(2)16-12-6-4-11(5-7-12)10(3)13(15)8-14/h4-7,9H,3H2,1-2H3. The minimum Gasteiger partial charge on any atom is -0.491 e. The zero-order valence-corrected chi connectivity index (χ0v) is 9.36. The molecule has 0 N–H and O–H groups in total. The third kappa shape index (κ3) is 2.96. The van der Waals surface area contributed by atoms with Gasteiger partial charge in [-0.3, -0.25) is 4.79 Å². The van der Waals surface area contributed by atoms with Crippen LogP contribution in [0.4, 0.5) is 0 Å². The first-order valence-corrected chi connectivity index (χ1v) is 4.95. The quantitative estimate of drug-likeness (QED) is 0.573. The maximum absolute atomic E-state index is 11.1. The van der Waals surface area contributed by atoms with E-state index in [1.54, 1.807) is 30.3 Å². The Hall–Kier alpha value is -2.08. The molecule has 0 heterocycles. The van der Waals surface area contributed by atoms with Crippen LogP contribution in [0.15, 0.2) is 30.8 Å². The first kappa shape index (κ1) is 12.0. The van der Waals surface area contributed by atoms with Crippen LogP contribution in [0.3, 0.4) is 0 Å². The summed E-state index contributed by atoms with van der Waals surface area (Å²) >= 11 is 0. The second-order valence-corrected chi connectivity index (χ2v) is 3.61. The van der Waals surface area contributed by atoms with E-state index in [1.807, 2.05) is 13.8 Å². The van der Waals surface area contributed by atoms with Gasteiger partial charge in [-0.1, -0.05) is 18.7 Å². The summed E-state index contributed by atoms with van der Waals surface area (Å²) in [5, 5.41) is 8.45. The Morgan fingerprint density at radius 3 is 2.38 bits per heavy atom.